The van der Waals surface area contributed by atoms with Crippen LogP contribution in [0.5, 0.6) is 5.75 Å². The first-order valence-corrected chi connectivity index (χ1v) is 10.6. The van der Waals surface area contributed by atoms with Crippen LogP contribution in [0.2, 0.25) is 0 Å². The van der Waals surface area contributed by atoms with Crippen molar-refractivity contribution in [2.75, 3.05) is 18.1 Å². The molecule has 2 amide bonds. The number of ether oxygens (including phenoxy) is 1. The molecule has 0 aliphatic carbocycles. The van der Waals surface area contributed by atoms with Gasteiger partial charge in [-0.25, -0.2) is 0 Å². The molecule has 2 aromatic carbocycles. The van der Waals surface area contributed by atoms with Crippen LogP contribution in [0.15, 0.2) is 42.5 Å². The van der Waals surface area contributed by atoms with E-state index in [-0.39, 0.29) is 24.8 Å². The number of nitrogens with one attached hydrogen (secondary N) is 1. The second kappa shape index (κ2) is 9.17. The standard InChI is InChI=1S/C23H26N6O3/c1-4-32-20-9-7-18(8-10-20)28-14-17(12-22(28)30)23(31)24-13-21-25-26-27-29(21)19-6-5-15(2)16(3)11-19/h5-11,17H,4,12-14H2,1-3H3,(H,24,31)/t17-/m0/s1. The number of benzene rings is 2. The minimum absolute atomic E-state index is 0.0747. The number of carbonyl (C=O) groups is 2. The van der Waals surface area contributed by atoms with Gasteiger partial charge >= 0.3 is 0 Å². The molecule has 0 spiro atoms. The van der Waals surface area contributed by atoms with Gasteiger partial charge in [0.05, 0.1) is 24.8 Å². The topological polar surface area (TPSA) is 102 Å². The van der Waals surface area contributed by atoms with Gasteiger partial charge in [0.2, 0.25) is 11.8 Å². The predicted molar refractivity (Wildman–Crippen MR) is 119 cm³/mol. The lowest BCUT2D eigenvalue weighted by molar-refractivity contribution is -0.126. The monoisotopic (exact) mass is 434 g/mol. The first-order chi connectivity index (χ1) is 15.5. The fourth-order valence-electron chi connectivity index (χ4n) is 3.71. The van der Waals surface area contributed by atoms with Gasteiger partial charge < -0.3 is 15.0 Å². The molecular weight excluding hydrogens is 408 g/mol. The molecule has 166 valence electrons. The molecule has 1 aliphatic rings. The summed E-state index contributed by atoms with van der Waals surface area (Å²) in [7, 11) is 0. The number of hydrogen-bond donors (Lipinski definition) is 1. The van der Waals surface area contributed by atoms with Crippen molar-refractivity contribution in [1.29, 1.82) is 0 Å². The molecule has 1 N–H and O–H groups in total. The summed E-state index contributed by atoms with van der Waals surface area (Å²) >= 11 is 0. The highest BCUT2D eigenvalue weighted by Crippen LogP contribution is 2.27. The van der Waals surface area contributed by atoms with Crippen LogP contribution >= 0.6 is 0 Å². The van der Waals surface area contributed by atoms with Gasteiger partial charge in [-0.2, -0.15) is 4.68 Å². The smallest absolute Gasteiger partial charge is 0.227 e. The van der Waals surface area contributed by atoms with Crippen molar-refractivity contribution < 1.29 is 14.3 Å². The third-order valence-electron chi connectivity index (χ3n) is 5.65. The number of aromatic nitrogens is 4. The van der Waals surface area contributed by atoms with E-state index in [0.717, 1.165) is 22.7 Å². The van der Waals surface area contributed by atoms with Gasteiger partial charge in [-0.1, -0.05) is 6.07 Å². The number of tetrazole rings is 1. The van der Waals surface area contributed by atoms with Crippen LogP contribution in [0, 0.1) is 19.8 Å². The number of amides is 2. The largest absolute Gasteiger partial charge is 0.494 e. The van der Waals surface area contributed by atoms with Crippen molar-refractivity contribution in [2.45, 2.75) is 33.7 Å². The Hall–Kier alpha value is -3.75. The number of aryl methyl sites for hydroxylation is 2. The fraction of sp³-hybridized carbons (Fsp3) is 0.348. The van der Waals surface area contributed by atoms with E-state index in [0.29, 0.717) is 19.0 Å². The minimum Gasteiger partial charge on any atom is -0.494 e. The lowest BCUT2D eigenvalue weighted by Gasteiger charge is -2.17. The minimum atomic E-state index is -0.431. The molecule has 0 unspecified atom stereocenters. The molecule has 3 aromatic rings. The van der Waals surface area contributed by atoms with Crippen LogP contribution in [-0.4, -0.2) is 45.2 Å². The van der Waals surface area contributed by atoms with Crippen LogP contribution in [-0.2, 0) is 16.1 Å². The van der Waals surface area contributed by atoms with Gasteiger partial charge in [0, 0.05) is 18.7 Å². The highest BCUT2D eigenvalue weighted by atomic mass is 16.5. The Bertz CT molecular complexity index is 1130. The Morgan fingerprint density at radius 3 is 2.59 bits per heavy atom. The maximum atomic E-state index is 12.8. The van der Waals surface area contributed by atoms with E-state index in [1.807, 2.05) is 63.2 Å². The summed E-state index contributed by atoms with van der Waals surface area (Å²) in [5.74, 6) is 0.573. The predicted octanol–water partition coefficient (Wildman–Crippen LogP) is 2.35. The lowest BCUT2D eigenvalue weighted by Crippen LogP contribution is -2.33. The summed E-state index contributed by atoms with van der Waals surface area (Å²) < 4.78 is 7.06. The molecule has 1 saturated heterocycles. The maximum absolute atomic E-state index is 12.8. The first-order valence-electron chi connectivity index (χ1n) is 10.6. The SMILES string of the molecule is CCOc1ccc(N2C[C@@H](C(=O)NCc3nnnn3-c3ccc(C)c(C)c3)CC2=O)cc1. The van der Waals surface area contributed by atoms with Gasteiger partial charge in [-0.15, -0.1) is 5.10 Å². The highest BCUT2D eigenvalue weighted by Gasteiger charge is 2.35. The van der Waals surface area contributed by atoms with Crippen LogP contribution in [0.1, 0.15) is 30.3 Å². The van der Waals surface area contributed by atoms with Crippen molar-refractivity contribution in [3.8, 4) is 11.4 Å². The van der Waals surface area contributed by atoms with Crippen molar-refractivity contribution in [2.24, 2.45) is 5.92 Å². The van der Waals surface area contributed by atoms with E-state index in [9.17, 15) is 9.59 Å². The third-order valence-corrected chi connectivity index (χ3v) is 5.65. The van der Waals surface area contributed by atoms with Crippen molar-refractivity contribution in [1.82, 2.24) is 25.5 Å². The quantitative estimate of drug-likeness (QED) is 0.612. The number of hydrogen-bond acceptors (Lipinski definition) is 6. The molecular formula is C23H26N6O3. The first kappa shape index (κ1) is 21.5. The van der Waals surface area contributed by atoms with Crippen LogP contribution in [0.3, 0.4) is 0 Å². The molecule has 0 saturated carbocycles. The van der Waals surface area contributed by atoms with Crippen LogP contribution < -0.4 is 15.0 Å². The number of rotatable bonds is 7. The summed E-state index contributed by atoms with van der Waals surface area (Å²) in [4.78, 5) is 26.9. The summed E-state index contributed by atoms with van der Waals surface area (Å²) in [6, 6.07) is 13.3. The summed E-state index contributed by atoms with van der Waals surface area (Å²) in [5.41, 5.74) is 3.90. The molecule has 0 radical (unpaired) electrons. The molecule has 4 rings (SSSR count). The zero-order valence-corrected chi connectivity index (χ0v) is 18.4. The summed E-state index contributed by atoms with van der Waals surface area (Å²) in [6.45, 7) is 7.07. The second-order valence-corrected chi connectivity index (χ2v) is 7.83. The zero-order valence-electron chi connectivity index (χ0n) is 18.4. The van der Waals surface area contributed by atoms with Gasteiger partial charge in [-0.05, 0) is 78.7 Å². The molecule has 2 heterocycles. The van der Waals surface area contributed by atoms with Crippen LogP contribution in [0.4, 0.5) is 5.69 Å². The summed E-state index contributed by atoms with van der Waals surface area (Å²) in [6.07, 6.45) is 0.168. The Morgan fingerprint density at radius 2 is 1.88 bits per heavy atom. The third kappa shape index (κ3) is 4.46. The second-order valence-electron chi connectivity index (χ2n) is 7.83. The van der Waals surface area contributed by atoms with E-state index in [2.05, 4.69) is 20.8 Å². The fourth-order valence-corrected chi connectivity index (χ4v) is 3.71. The van der Waals surface area contributed by atoms with E-state index in [1.165, 1.54) is 5.56 Å². The lowest BCUT2D eigenvalue weighted by atomic mass is 10.1. The van der Waals surface area contributed by atoms with E-state index in [4.69, 9.17) is 4.74 Å². The molecule has 1 aliphatic heterocycles. The van der Waals surface area contributed by atoms with Crippen LogP contribution in [0.25, 0.3) is 5.69 Å². The molecule has 32 heavy (non-hydrogen) atoms. The average Bonchev–Trinajstić information content (AvgIpc) is 3.41. The van der Waals surface area contributed by atoms with Gasteiger partial charge in [0.1, 0.15) is 5.75 Å². The van der Waals surface area contributed by atoms with E-state index in [1.54, 1.807) is 9.58 Å². The Morgan fingerprint density at radius 1 is 1.12 bits per heavy atom. The number of carbonyl (C=O) groups excluding carboxylic acids is 2. The van der Waals surface area contributed by atoms with Crippen molar-refractivity contribution >= 4 is 17.5 Å². The molecule has 1 fully saturated rings. The van der Waals surface area contributed by atoms with Gasteiger partial charge in [0.15, 0.2) is 5.82 Å². The number of anilines is 1. The average molecular weight is 435 g/mol. The molecule has 1 atom stereocenters. The van der Waals surface area contributed by atoms with Gasteiger partial charge in [0.25, 0.3) is 0 Å². The molecule has 9 heteroatoms. The van der Waals surface area contributed by atoms with Gasteiger partial charge in [-0.3, -0.25) is 9.59 Å². The Kier molecular flexibility index (Phi) is 6.16. The normalized spacial score (nSPS) is 15.8. The molecule has 0 bridgehead atoms. The molecule has 1 aromatic heterocycles. The van der Waals surface area contributed by atoms with E-state index < -0.39 is 5.92 Å². The maximum Gasteiger partial charge on any atom is 0.227 e. The Labute approximate surface area is 186 Å². The van der Waals surface area contributed by atoms with E-state index >= 15 is 0 Å². The number of nitrogens with zero attached hydrogens (tertiary/aromatic N) is 5. The molecule has 9 nitrogen and oxygen atoms in total. The highest BCUT2D eigenvalue weighted by molar-refractivity contribution is 6.00. The zero-order chi connectivity index (χ0) is 22.7. The van der Waals surface area contributed by atoms with Crippen molar-refractivity contribution in [3.05, 3.63) is 59.4 Å². The Balaban J connectivity index is 1.39. The van der Waals surface area contributed by atoms with Crippen molar-refractivity contribution in [3.63, 3.8) is 0 Å². The summed E-state index contributed by atoms with van der Waals surface area (Å²) in [5, 5.41) is 14.7.